The Balaban J connectivity index is 1.40. The van der Waals surface area contributed by atoms with Crippen LogP contribution in [0.1, 0.15) is 43.1 Å². The molecule has 0 saturated carbocycles. The minimum Gasteiger partial charge on any atom is -0.486 e. The van der Waals surface area contributed by atoms with Crippen molar-refractivity contribution in [3.8, 4) is 22.8 Å². The zero-order valence-electron chi connectivity index (χ0n) is 20.1. The Labute approximate surface area is 203 Å². The van der Waals surface area contributed by atoms with Crippen molar-refractivity contribution in [3.63, 3.8) is 0 Å². The first-order valence-electron chi connectivity index (χ1n) is 12.4. The third kappa shape index (κ3) is 4.12. The summed E-state index contributed by atoms with van der Waals surface area (Å²) in [6, 6.07) is 7.77. The van der Waals surface area contributed by atoms with Crippen LogP contribution in [-0.4, -0.2) is 71.4 Å². The van der Waals surface area contributed by atoms with Crippen LogP contribution in [0.4, 0.5) is 0 Å². The molecule has 35 heavy (non-hydrogen) atoms. The molecular formula is C26H30N4O5. The predicted molar refractivity (Wildman–Crippen MR) is 129 cm³/mol. The fourth-order valence-electron chi connectivity index (χ4n) is 5.16. The zero-order chi connectivity index (χ0) is 23.9. The highest BCUT2D eigenvalue weighted by atomic mass is 16.7. The van der Waals surface area contributed by atoms with Crippen LogP contribution < -0.4 is 9.47 Å². The maximum absolute atomic E-state index is 13.9. The molecule has 3 aliphatic rings. The maximum atomic E-state index is 13.9. The van der Waals surface area contributed by atoms with E-state index in [0.29, 0.717) is 62.2 Å². The van der Waals surface area contributed by atoms with Crippen molar-refractivity contribution in [3.05, 3.63) is 36.0 Å². The second kappa shape index (κ2) is 9.13. The van der Waals surface area contributed by atoms with Crippen molar-refractivity contribution in [2.45, 2.75) is 39.0 Å². The number of benzene rings is 1. The summed E-state index contributed by atoms with van der Waals surface area (Å²) in [5.74, 6) is 1.59. The first-order chi connectivity index (χ1) is 17.1. The second-order valence-electron chi connectivity index (χ2n) is 9.60. The molecule has 9 heteroatoms. The molecule has 1 aromatic carbocycles. The third-order valence-electron chi connectivity index (χ3n) is 6.90. The number of nitrogens with zero attached hydrogens (tertiary/aromatic N) is 4. The van der Waals surface area contributed by atoms with E-state index in [1.54, 1.807) is 6.20 Å². The quantitative estimate of drug-likeness (QED) is 0.565. The van der Waals surface area contributed by atoms with E-state index < -0.39 is 0 Å². The number of aromatic nitrogens is 3. The van der Waals surface area contributed by atoms with E-state index in [1.165, 1.54) is 0 Å². The van der Waals surface area contributed by atoms with Gasteiger partial charge < -0.3 is 23.8 Å². The SMILES string of the molecule is CC(C)n1ncc2c(C(=O)N3CCCC(C4OCCO4)C3)cc(-c3ccc4c(c3)OCCO4)nc21. The summed E-state index contributed by atoms with van der Waals surface area (Å²) >= 11 is 0. The summed E-state index contributed by atoms with van der Waals surface area (Å²) in [5.41, 5.74) is 2.88. The molecule has 2 saturated heterocycles. The molecule has 0 N–H and O–H groups in total. The van der Waals surface area contributed by atoms with Gasteiger partial charge in [0.15, 0.2) is 23.4 Å². The largest absolute Gasteiger partial charge is 0.486 e. The van der Waals surface area contributed by atoms with Crippen molar-refractivity contribution in [2.75, 3.05) is 39.5 Å². The molecular weight excluding hydrogens is 448 g/mol. The van der Waals surface area contributed by atoms with E-state index >= 15 is 0 Å². The average Bonchev–Trinajstić information content (AvgIpc) is 3.58. The van der Waals surface area contributed by atoms with E-state index in [0.717, 1.165) is 29.5 Å². The molecule has 184 valence electrons. The van der Waals surface area contributed by atoms with Gasteiger partial charge >= 0.3 is 0 Å². The molecule has 6 rings (SSSR count). The molecule has 0 bridgehead atoms. The van der Waals surface area contributed by atoms with E-state index in [-0.39, 0.29) is 24.2 Å². The summed E-state index contributed by atoms with van der Waals surface area (Å²) in [6.45, 7) is 7.73. The Hall–Kier alpha value is -3.17. The van der Waals surface area contributed by atoms with Gasteiger partial charge in [0.25, 0.3) is 5.91 Å². The smallest absolute Gasteiger partial charge is 0.254 e. The molecule has 0 aliphatic carbocycles. The summed E-state index contributed by atoms with van der Waals surface area (Å²) in [7, 11) is 0. The van der Waals surface area contributed by atoms with Gasteiger partial charge in [-0.15, -0.1) is 0 Å². The highest BCUT2D eigenvalue weighted by Gasteiger charge is 2.34. The van der Waals surface area contributed by atoms with Crippen LogP contribution >= 0.6 is 0 Å². The summed E-state index contributed by atoms with van der Waals surface area (Å²) in [5, 5.41) is 5.33. The molecule has 2 aromatic heterocycles. The lowest BCUT2D eigenvalue weighted by Gasteiger charge is -2.35. The van der Waals surface area contributed by atoms with Gasteiger partial charge in [0, 0.05) is 30.6 Å². The van der Waals surface area contributed by atoms with Gasteiger partial charge in [-0.05, 0) is 51.0 Å². The standard InChI is InChI=1S/C26H30N4O5/c1-16(2)30-24-20(14-27-30)19(25(31)29-7-3-4-18(15-29)26-34-10-11-35-26)13-21(28-24)17-5-6-22-23(12-17)33-9-8-32-22/h5-6,12-14,16,18,26H,3-4,7-11,15H2,1-2H3. The lowest BCUT2D eigenvalue weighted by atomic mass is 9.96. The number of carbonyl (C=O) groups excluding carboxylic acids is 1. The number of ether oxygens (including phenoxy) is 4. The highest BCUT2D eigenvalue weighted by molar-refractivity contribution is 6.06. The van der Waals surface area contributed by atoms with Gasteiger partial charge in [-0.2, -0.15) is 5.10 Å². The molecule has 3 aromatic rings. The lowest BCUT2D eigenvalue weighted by Crippen LogP contribution is -2.43. The minimum absolute atomic E-state index is 0.0119. The van der Waals surface area contributed by atoms with E-state index in [9.17, 15) is 4.79 Å². The molecule has 5 heterocycles. The number of amides is 1. The van der Waals surface area contributed by atoms with Gasteiger partial charge in [0.05, 0.1) is 36.1 Å². The van der Waals surface area contributed by atoms with Crippen LogP contribution in [0, 0.1) is 5.92 Å². The monoisotopic (exact) mass is 478 g/mol. The Morgan fingerprint density at radius 2 is 1.86 bits per heavy atom. The van der Waals surface area contributed by atoms with Gasteiger partial charge in [-0.25, -0.2) is 9.67 Å². The topological polar surface area (TPSA) is 87.9 Å². The molecule has 2 fully saturated rings. The minimum atomic E-state index is -0.222. The lowest BCUT2D eigenvalue weighted by molar-refractivity contribution is -0.0969. The predicted octanol–water partition coefficient (Wildman–Crippen LogP) is 3.68. The van der Waals surface area contributed by atoms with Crippen LogP contribution in [-0.2, 0) is 9.47 Å². The molecule has 1 atom stereocenters. The molecule has 9 nitrogen and oxygen atoms in total. The van der Waals surface area contributed by atoms with Gasteiger partial charge in [0.1, 0.15) is 13.2 Å². The van der Waals surface area contributed by atoms with Crippen LogP contribution in [0.25, 0.3) is 22.3 Å². The Kier molecular flexibility index (Phi) is 5.82. The number of likely N-dealkylation sites (tertiary alicyclic amines) is 1. The first-order valence-corrected chi connectivity index (χ1v) is 12.4. The van der Waals surface area contributed by atoms with E-state index in [4.69, 9.17) is 23.9 Å². The van der Waals surface area contributed by atoms with Crippen LogP contribution in [0.5, 0.6) is 11.5 Å². The summed E-state index contributed by atoms with van der Waals surface area (Å²) in [4.78, 5) is 20.8. The second-order valence-corrected chi connectivity index (χ2v) is 9.60. The number of hydrogen-bond donors (Lipinski definition) is 0. The number of carbonyl (C=O) groups is 1. The molecule has 1 amide bonds. The average molecular weight is 479 g/mol. The number of piperidine rings is 1. The third-order valence-corrected chi connectivity index (χ3v) is 6.90. The fourth-order valence-corrected chi connectivity index (χ4v) is 5.16. The van der Waals surface area contributed by atoms with Crippen molar-refractivity contribution in [1.82, 2.24) is 19.7 Å². The fraction of sp³-hybridized carbons (Fsp3) is 0.500. The van der Waals surface area contributed by atoms with Gasteiger partial charge in [0.2, 0.25) is 0 Å². The van der Waals surface area contributed by atoms with E-state index in [1.807, 2.05) is 33.8 Å². The van der Waals surface area contributed by atoms with Crippen molar-refractivity contribution in [2.24, 2.45) is 5.92 Å². The maximum Gasteiger partial charge on any atom is 0.254 e. The van der Waals surface area contributed by atoms with E-state index in [2.05, 4.69) is 18.9 Å². The number of hydrogen-bond acceptors (Lipinski definition) is 7. The van der Waals surface area contributed by atoms with Crippen molar-refractivity contribution >= 4 is 16.9 Å². The Morgan fingerprint density at radius 1 is 1.06 bits per heavy atom. The Bertz CT molecular complexity index is 1250. The number of fused-ring (bicyclic) bond motifs is 2. The summed E-state index contributed by atoms with van der Waals surface area (Å²) in [6.07, 6.45) is 3.45. The normalized spacial score (nSPS) is 20.7. The number of rotatable bonds is 4. The number of pyridine rings is 1. The van der Waals surface area contributed by atoms with Crippen molar-refractivity contribution in [1.29, 1.82) is 0 Å². The van der Waals surface area contributed by atoms with Gasteiger partial charge in [-0.3, -0.25) is 4.79 Å². The first kappa shape index (κ1) is 22.3. The highest BCUT2D eigenvalue weighted by Crippen LogP contribution is 2.36. The molecule has 3 aliphatic heterocycles. The molecule has 1 unspecified atom stereocenters. The van der Waals surface area contributed by atoms with Crippen LogP contribution in [0.3, 0.4) is 0 Å². The van der Waals surface area contributed by atoms with Gasteiger partial charge in [-0.1, -0.05) is 0 Å². The van der Waals surface area contributed by atoms with Crippen LogP contribution in [0.2, 0.25) is 0 Å². The van der Waals surface area contributed by atoms with Crippen molar-refractivity contribution < 1.29 is 23.7 Å². The Morgan fingerprint density at radius 3 is 2.66 bits per heavy atom. The molecule has 0 spiro atoms. The molecule has 0 radical (unpaired) electrons. The van der Waals surface area contributed by atoms with Crippen LogP contribution in [0.15, 0.2) is 30.5 Å². The summed E-state index contributed by atoms with van der Waals surface area (Å²) < 4.78 is 24.8. The zero-order valence-corrected chi connectivity index (χ0v) is 20.1.